The normalized spacial score (nSPS) is 10.5. The number of imidazole rings is 1. The second-order valence-electron chi connectivity index (χ2n) is 3.71. The van der Waals surface area contributed by atoms with Gasteiger partial charge in [-0.3, -0.25) is 4.57 Å². The summed E-state index contributed by atoms with van der Waals surface area (Å²) in [6, 6.07) is 6.16. The molecular formula is C12H14BrN3. The van der Waals surface area contributed by atoms with Gasteiger partial charge in [0, 0.05) is 17.7 Å². The van der Waals surface area contributed by atoms with E-state index in [4.69, 9.17) is 0 Å². The third-order valence-electron chi connectivity index (χ3n) is 2.55. The molecule has 1 aromatic carbocycles. The van der Waals surface area contributed by atoms with E-state index in [-0.39, 0.29) is 0 Å². The molecule has 0 aliphatic carbocycles. The smallest absolute Gasteiger partial charge is 0.207 e. The molecule has 0 saturated carbocycles. The fourth-order valence-electron chi connectivity index (χ4n) is 1.71. The number of halogens is 1. The van der Waals surface area contributed by atoms with Crippen molar-refractivity contribution in [2.24, 2.45) is 0 Å². The van der Waals surface area contributed by atoms with Gasteiger partial charge in [0.2, 0.25) is 5.95 Å². The Hall–Kier alpha value is -1.29. The second-order valence-corrected chi connectivity index (χ2v) is 4.56. The molecule has 0 unspecified atom stereocenters. The first-order chi connectivity index (χ1) is 7.63. The van der Waals surface area contributed by atoms with Crippen molar-refractivity contribution in [3.63, 3.8) is 0 Å². The van der Waals surface area contributed by atoms with Crippen LogP contribution in [0.15, 0.2) is 28.9 Å². The summed E-state index contributed by atoms with van der Waals surface area (Å²) in [5, 5.41) is 3.10. The van der Waals surface area contributed by atoms with Gasteiger partial charge in [0.15, 0.2) is 0 Å². The summed E-state index contributed by atoms with van der Waals surface area (Å²) in [5.41, 5.74) is 3.35. The average Bonchev–Trinajstić information content (AvgIpc) is 2.63. The third-order valence-corrected chi connectivity index (χ3v) is 3.41. The molecule has 0 atom stereocenters. The van der Waals surface area contributed by atoms with Crippen molar-refractivity contribution < 1.29 is 0 Å². The van der Waals surface area contributed by atoms with Gasteiger partial charge in [0.25, 0.3) is 0 Å². The molecule has 16 heavy (non-hydrogen) atoms. The zero-order chi connectivity index (χ0) is 11.7. The van der Waals surface area contributed by atoms with Crippen LogP contribution in [0.2, 0.25) is 0 Å². The van der Waals surface area contributed by atoms with Crippen molar-refractivity contribution in [2.75, 3.05) is 12.4 Å². The second kappa shape index (κ2) is 4.29. The fraction of sp³-hybridized carbons (Fsp3) is 0.250. The number of anilines is 1. The maximum Gasteiger partial charge on any atom is 0.207 e. The van der Waals surface area contributed by atoms with Crippen LogP contribution in [-0.4, -0.2) is 16.6 Å². The number of nitrogens with one attached hydrogen (secondary N) is 1. The molecule has 84 valence electrons. The topological polar surface area (TPSA) is 29.9 Å². The lowest BCUT2D eigenvalue weighted by Gasteiger charge is -2.11. The van der Waals surface area contributed by atoms with Crippen molar-refractivity contribution in [1.82, 2.24) is 9.55 Å². The lowest BCUT2D eigenvalue weighted by molar-refractivity contribution is 1.04. The summed E-state index contributed by atoms with van der Waals surface area (Å²) in [5.74, 6) is 0.860. The van der Waals surface area contributed by atoms with Gasteiger partial charge in [-0.2, -0.15) is 0 Å². The predicted molar refractivity (Wildman–Crippen MR) is 70.3 cm³/mol. The maximum atomic E-state index is 4.41. The molecule has 1 heterocycles. The lowest BCUT2D eigenvalue weighted by Crippen LogP contribution is -2.02. The van der Waals surface area contributed by atoms with Gasteiger partial charge < -0.3 is 5.32 Å². The van der Waals surface area contributed by atoms with E-state index >= 15 is 0 Å². The molecule has 0 aliphatic rings. The molecule has 2 rings (SSSR count). The van der Waals surface area contributed by atoms with Gasteiger partial charge in [0.05, 0.1) is 11.4 Å². The molecule has 0 saturated heterocycles. The molecule has 1 N–H and O–H groups in total. The van der Waals surface area contributed by atoms with E-state index in [1.807, 2.05) is 32.3 Å². The monoisotopic (exact) mass is 279 g/mol. The first-order valence-corrected chi connectivity index (χ1v) is 5.92. The Labute approximate surface area is 104 Å². The van der Waals surface area contributed by atoms with Crippen molar-refractivity contribution in [3.05, 3.63) is 40.1 Å². The molecule has 4 heteroatoms. The Morgan fingerprint density at radius 1 is 1.31 bits per heavy atom. The molecule has 0 aliphatic heterocycles. The fourth-order valence-corrected chi connectivity index (χ4v) is 2.07. The standard InChI is InChI=1S/C12H14BrN3/c1-8-7-16(12(14-3)15-8)11-6-4-5-10(13)9(11)2/h4-7H,1-3H3,(H,14,15). The van der Waals surface area contributed by atoms with Gasteiger partial charge >= 0.3 is 0 Å². The first kappa shape index (κ1) is 11.2. The molecule has 0 radical (unpaired) electrons. The minimum absolute atomic E-state index is 0.860. The van der Waals surface area contributed by atoms with Crippen LogP contribution in [0.3, 0.4) is 0 Å². The van der Waals surface area contributed by atoms with E-state index < -0.39 is 0 Å². The first-order valence-electron chi connectivity index (χ1n) is 5.12. The molecule has 0 fully saturated rings. The van der Waals surface area contributed by atoms with Gasteiger partial charge in [-0.1, -0.05) is 22.0 Å². The highest BCUT2D eigenvalue weighted by molar-refractivity contribution is 9.10. The lowest BCUT2D eigenvalue weighted by atomic mass is 10.2. The van der Waals surface area contributed by atoms with E-state index in [9.17, 15) is 0 Å². The Balaban J connectivity index is 2.62. The summed E-state index contributed by atoms with van der Waals surface area (Å²) in [4.78, 5) is 4.41. The van der Waals surface area contributed by atoms with E-state index in [1.165, 1.54) is 5.56 Å². The van der Waals surface area contributed by atoms with Crippen molar-refractivity contribution in [1.29, 1.82) is 0 Å². The predicted octanol–water partition coefficient (Wildman–Crippen LogP) is 3.29. The van der Waals surface area contributed by atoms with Crippen LogP contribution in [0.5, 0.6) is 0 Å². The van der Waals surface area contributed by atoms with Crippen LogP contribution in [0.4, 0.5) is 5.95 Å². The van der Waals surface area contributed by atoms with Crippen molar-refractivity contribution in [2.45, 2.75) is 13.8 Å². The number of nitrogens with zero attached hydrogens (tertiary/aromatic N) is 2. The highest BCUT2D eigenvalue weighted by atomic mass is 79.9. The van der Waals surface area contributed by atoms with Gasteiger partial charge in [0.1, 0.15) is 0 Å². The Bertz CT molecular complexity index is 517. The van der Waals surface area contributed by atoms with Crippen molar-refractivity contribution >= 4 is 21.9 Å². The molecule has 2 aromatic rings. The Kier molecular flexibility index (Phi) is 3.01. The average molecular weight is 280 g/mol. The third kappa shape index (κ3) is 1.85. The molecule has 0 amide bonds. The molecule has 0 bridgehead atoms. The summed E-state index contributed by atoms with van der Waals surface area (Å²) >= 11 is 3.54. The maximum absolute atomic E-state index is 4.41. The largest absolute Gasteiger partial charge is 0.358 e. The van der Waals surface area contributed by atoms with Gasteiger partial charge in [-0.15, -0.1) is 0 Å². The molecule has 0 spiro atoms. The minimum Gasteiger partial charge on any atom is -0.358 e. The summed E-state index contributed by atoms with van der Waals surface area (Å²) in [6.07, 6.45) is 2.03. The quantitative estimate of drug-likeness (QED) is 0.914. The number of rotatable bonds is 2. The van der Waals surface area contributed by atoms with Gasteiger partial charge in [-0.05, 0) is 31.5 Å². The number of hydrogen-bond acceptors (Lipinski definition) is 2. The van der Waals surface area contributed by atoms with Crippen molar-refractivity contribution in [3.8, 4) is 5.69 Å². The van der Waals surface area contributed by atoms with Crippen LogP contribution in [0.25, 0.3) is 5.69 Å². The Morgan fingerprint density at radius 2 is 2.06 bits per heavy atom. The Morgan fingerprint density at radius 3 is 2.75 bits per heavy atom. The van der Waals surface area contributed by atoms with Crippen LogP contribution >= 0.6 is 15.9 Å². The molecule has 1 aromatic heterocycles. The number of aromatic nitrogens is 2. The number of hydrogen-bond donors (Lipinski definition) is 1. The minimum atomic E-state index is 0.860. The SMILES string of the molecule is CNc1nc(C)cn1-c1cccc(Br)c1C. The highest BCUT2D eigenvalue weighted by Gasteiger charge is 2.09. The van der Waals surface area contributed by atoms with E-state index in [1.54, 1.807) is 0 Å². The summed E-state index contributed by atoms with van der Waals surface area (Å²) in [7, 11) is 1.88. The van der Waals surface area contributed by atoms with E-state index in [0.717, 1.165) is 21.8 Å². The zero-order valence-corrected chi connectivity index (χ0v) is 11.2. The summed E-state index contributed by atoms with van der Waals surface area (Å²) in [6.45, 7) is 4.08. The highest BCUT2D eigenvalue weighted by Crippen LogP contribution is 2.25. The van der Waals surface area contributed by atoms with Crippen LogP contribution in [-0.2, 0) is 0 Å². The van der Waals surface area contributed by atoms with E-state index in [0.29, 0.717) is 0 Å². The number of benzene rings is 1. The van der Waals surface area contributed by atoms with E-state index in [2.05, 4.69) is 43.8 Å². The molecule has 3 nitrogen and oxygen atoms in total. The summed E-state index contributed by atoms with van der Waals surface area (Å²) < 4.78 is 3.17. The van der Waals surface area contributed by atoms with Crippen LogP contribution in [0.1, 0.15) is 11.3 Å². The molecular weight excluding hydrogens is 266 g/mol. The van der Waals surface area contributed by atoms with Crippen LogP contribution in [0, 0.1) is 13.8 Å². The number of aryl methyl sites for hydroxylation is 1. The van der Waals surface area contributed by atoms with Gasteiger partial charge in [-0.25, -0.2) is 4.98 Å². The zero-order valence-electron chi connectivity index (χ0n) is 9.58. The van der Waals surface area contributed by atoms with Crippen LogP contribution < -0.4 is 5.32 Å².